The highest BCUT2D eigenvalue weighted by molar-refractivity contribution is 5.99. The zero-order valence-corrected chi connectivity index (χ0v) is 21.2. The minimum Gasteiger partial charge on any atom is -0.349 e. The highest BCUT2D eigenvalue weighted by Crippen LogP contribution is 2.28. The van der Waals surface area contributed by atoms with Crippen molar-refractivity contribution in [1.82, 2.24) is 20.2 Å². The van der Waals surface area contributed by atoms with Crippen LogP contribution >= 0.6 is 0 Å². The Hall–Kier alpha value is -3.74. The van der Waals surface area contributed by atoms with Crippen LogP contribution < -0.4 is 16.1 Å². The number of nitrogens with zero attached hydrogens (tertiary/aromatic N) is 2. The van der Waals surface area contributed by atoms with E-state index in [-0.39, 0.29) is 17.2 Å². The molecule has 1 fully saturated rings. The first kappa shape index (κ1) is 25.4. The van der Waals surface area contributed by atoms with Crippen LogP contribution in [-0.2, 0) is 0 Å². The third-order valence-electron chi connectivity index (χ3n) is 6.47. The smallest absolute Gasteiger partial charge is 0.257 e. The molecular weight excluding hydrogens is 452 g/mol. The normalized spacial score (nSPS) is 15.2. The van der Waals surface area contributed by atoms with E-state index in [9.17, 15) is 14.4 Å². The molecule has 2 amide bonds. The lowest BCUT2D eigenvalue weighted by Gasteiger charge is -2.27. The molecule has 1 aliphatic rings. The van der Waals surface area contributed by atoms with Gasteiger partial charge in [0.1, 0.15) is 11.1 Å². The molecule has 3 aromatic rings. The lowest BCUT2D eigenvalue weighted by atomic mass is 9.94. The molecule has 0 unspecified atom stereocenters. The first-order valence-corrected chi connectivity index (χ1v) is 12.6. The summed E-state index contributed by atoms with van der Waals surface area (Å²) in [4.78, 5) is 44.3. The number of nitrogens with one attached hydrogen (secondary N) is 2. The fourth-order valence-electron chi connectivity index (χ4n) is 4.69. The molecule has 0 aliphatic heterocycles. The van der Waals surface area contributed by atoms with Crippen LogP contribution in [0.3, 0.4) is 0 Å². The largest absolute Gasteiger partial charge is 0.349 e. The maximum atomic E-state index is 13.6. The Labute approximate surface area is 212 Å². The van der Waals surface area contributed by atoms with Gasteiger partial charge in [0.05, 0.1) is 6.04 Å². The highest BCUT2D eigenvalue weighted by atomic mass is 16.2. The molecule has 0 saturated heterocycles. The summed E-state index contributed by atoms with van der Waals surface area (Å²) in [6, 6.07) is 12.9. The number of amides is 2. The number of pyridine rings is 2. The minimum atomic E-state index is -0.567. The van der Waals surface area contributed by atoms with Gasteiger partial charge < -0.3 is 15.2 Å². The monoisotopic (exact) mass is 486 g/mol. The van der Waals surface area contributed by atoms with Crippen LogP contribution in [0.1, 0.15) is 96.8 Å². The van der Waals surface area contributed by atoms with E-state index in [2.05, 4.69) is 15.6 Å². The van der Waals surface area contributed by atoms with Crippen LogP contribution in [0.25, 0.3) is 0 Å². The van der Waals surface area contributed by atoms with E-state index in [0.29, 0.717) is 0 Å². The van der Waals surface area contributed by atoms with Gasteiger partial charge in [0, 0.05) is 36.4 Å². The SMILES string of the molecule is CC(C)(C)NC(=O)c1cn(C2CCCCC2)cc(C(=O)N[C@H](c2ccccc2)c2ccncc2)c1=O. The Morgan fingerprint density at radius 1 is 0.889 bits per heavy atom. The molecular formula is C29H34N4O3. The standard InChI is InChI=1S/C29H34N4O3/c1-29(2,3)32-28(36)24-19-33(22-12-8-5-9-13-22)18-23(26(24)34)27(35)31-25(20-10-6-4-7-11-20)21-14-16-30-17-15-21/h4,6-7,10-11,14-19,22,25H,5,8-9,12-13H2,1-3H3,(H,31,35)(H,32,36)/t25-/m1/s1. The van der Waals surface area contributed by atoms with Crippen molar-refractivity contribution in [3.8, 4) is 0 Å². The molecule has 0 spiro atoms. The van der Waals surface area contributed by atoms with E-state index in [1.165, 1.54) is 6.42 Å². The second kappa shape index (κ2) is 10.9. The van der Waals surface area contributed by atoms with Crippen LogP contribution in [0.4, 0.5) is 0 Å². The van der Waals surface area contributed by atoms with Crippen LogP contribution in [0.2, 0.25) is 0 Å². The second-order valence-electron chi connectivity index (χ2n) is 10.5. The maximum Gasteiger partial charge on any atom is 0.257 e. The Bertz CT molecular complexity index is 1220. The van der Waals surface area contributed by atoms with Crippen molar-refractivity contribution in [2.75, 3.05) is 0 Å². The molecule has 1 aromatic carbocycles. The highest BCUT2D eigenvalue weighted by Gasteiger charge is 2.26. The van der Waals surface area contributed by atoms with Gasteiger partial charge in [-0.15, -0.1) is 0 Å². The number of rotatable bonds is 6. The van der Waals surface area contributed by atoms with Gasteiger partial charge >= 0.3 is 0 Å². The van der Waals surface area contributed by atoms with E-state index in [1.807, 2.05) is 67.8 Å². The molecule has 7 nitrogen and oxygen atoms in total. The average Bonchev–Trinajstić information content (AvgIpc) is 2.87. The lowest BCUT2D eigenvalue weighted by molar-refractivity contribution is 0.0917. The predicted molar refractivity (Wildman–Crippen MR) is 140 cm³/mol. The van der Waals surface area contributed by atoms with Gasteiger partial charge in [0.25, 0.3) is 11.8 Å². The van der Waals surface area contributed by atoms with Crippen molar-refractivity contribution in [2.24, 2.45) is 0 Å². The Morgan fingerprint density at radius 3 is 2.08 bits per heavy atom. The second-order valence-corrected chi connectivity index (χ2v) is 10.5. The van der Waals surface area contributed by atoms with Gasteiger partial charge in [0.2, 0.25) is 5.43 Å². The van der Waals surface area contributed by atoms with Crippen molar-refractivity contribution in [3.63, 3.8) is 0 Å². The zero-order valence-electron chi connectivity index (χ0n) is 21.2. The number of hydrogen-bond acceptors (Lipinski definition) is 4. The van der Waals surface area contributed by atoms with Gasteiger partial charge in [0.15, 0.2) is 0 Å². The van der Waals surface area contributed by atoms with E-state index in [4.69, 9.17) is 0 Å². The third-order valence-corrected chi connectivity index (χ3v) is 6.47. The number of aromatic nitrogens is 2. The van der Waals surface area contributed by atoms with Crippen molar-refractivity contribution in [3.05, 3.63) is 99.7 Å². The summed E-state index contributed by atoms with van der Waals surface area (Å²) in [5.41, 5.74) is 0.602. The summed E-state index contributed by atoms with van der Waals surface area (Å²) in [6.45, 7) is 5.58. The van der Waals surface area contributed by atoms with Gasteiger partial charge in [-0.1, -0.05) is 49.6 Å². The summed E-state index contributed by atoms with van der Waals surface area (Å²) >= 11 is 0. The number of benzene rings is 1. The Kier molecular flexibility index (Phi) is 7.67. The summed E-state index contributed by atoms with van der Waals surface area (Å²) < 4.78 is 1.90. The summed E-state index contributed by atoms with van der Waals surface area (Å²) in [5.74, 6) is -0.985. The Balaban J connectivity index is 1.75. The molecule has 1 aliphatic carbocycles. The summed E-state index contributed by atoms with van der Waals surface area (Å²) in [7, 11) is 0. The van der Waals surface area contributed by atoms with E-state index >= 15 is 0 Å². The first-order valence-electron chi connectivity index (χ1n) is 12.6. The van der Waals surface area contributed by atoms with E-state index in [0.717, 1.165) is 36.8 Å². The average molecular weight is 487 g/mol. The fourth-order valence-corrected chi connectivity index (χ4v) is 4.69. The van der Waals surface area contributed by atoms with Crippen molar-refractivity contribution >= 4 is 11.8 Å². The van der Waals surface area contributed by atoms with E-state index in [1.54, 1.807) is 24.8 Å². The van der Waals surface area contributed by atoms with Gasteiger partial charge in [-0.25, -0.2) is 0 Å². The van der Waals surface area contributed by atoms with E-state index < -0.39 is 28.8 Å². The third kappa shape index (κ3) is 6.08. The molecule has 2 N–H and O–H groups in total. The molecule has 0 radical (unpaired) electrons. The molecule has 2 heterocycles. The van der Waals surface area contributed by atoms with Crippen molar-refractivity contribution in [2.45, 2.75) is 70.5 Å². The summed E-state index contributed by atoms with van der Waals surface area (Å²) in [6.07, 6.45) is 11.8. The molecule has 1 atom stereocenters. The van der Waals surface area contributed by atoms with Crippen LogP contribution in [0.5, 0.6) is 0 Å². The fraction of sp³-hybridized carbons (Fsp3) is 0.379. The molecule has 4 rings (SSSR count). The summed E-state index contributed by atoms with van der Waals surface area (Å²) in [5, 5.41) is 5.91. The predicted octanol–water partition coefficient (Wildman–Crippen LogP) is 4.80. The Morgan fingerprint density at radius 2 is 1.47 bits per heavy atom. The van der Waals surface area contributed by atoms with Crippen LogP contribution in [0.15, 0.2) is 72.0 Å². The number of hydrogen-bond donors (Lipinski definition) is 2. The van der Waals surface area contributed by atoms with Crippen LogP contribution in [0, 0.1) is 0 Å². The molecule has 36 heavy (non-hydrogen) atoms. The molecule has 2 aromatic heterocycles. The zero-order chi connectivity index (χ0) is 25.7. The quantitative estimate of drug-likeness (QED) is 0.524. The van der Waals surface area contributed by atoms with Crippen LogP contribution in [-0.4, -0.2) is 26.9 Å². The molecule has 188 valence electrons. The lowest BCUT2D eigenvalue weighted by Crippen LogP contribution is -2.44. The maximum absolute atomic E-state index is 13.6. The molecule has 1 saturated carbocycles. The molecule has 0 bridgehead atoms. The molecule has 7 heteroatoms. The first-order chi connectivity index (χ1) is 17.2. The number of carbonyl (C=O) groups is 2. The number of carbonyl (C=O) groups excluding carboxylic acids is 2. The topological polar surface area (TPSA) is 93.1 Å². The minimum absolute atomic E-state index is 0.0108. The van der Waals surface area contributed by atoms with Gasteiger partial charge in [-0.3, -0.25) is 19.4 Å². The van der Waals surface area contributed by atoms with Gasteiger partial charge in [-0.05, 0) is 56.9 Å². The van der Waals surface area contributed by atoms with Crippen molar-refractivity contribution < 1.29 is 9.59 Å². The van der Waals surface area contributed by atoms with Gasteiger partial charge in [-0.2, -0.15) is 0 Å². The van der Waals surface area contributed by atoms with Crippen molar-refractivity contribution in [1.29, 1.82) is 0 Å².